The summed E-state index contributed by atoms with van der Waals surface area (Å²) in [5.74, 6) is -0.757. The SMILES string of the molecule is CCOC(=O)c1c(NC(=O)c2cncs2)c[nH]c1C. The lowest BCUT2D eigenvalue weighted by molar-refractivity contribution is 0.0527. The van der Waals surface area contributed by atoms with Crippen LogP contribution in [0.5, 0.6) is 0 Å². The Morgan fingerprint density at radius 2 is 2.32 bits per heavy atom. The lowest BCUT2D eigenvalue weighted by Crippen LogP contribution is -2.14. The van der Waals surface area contributed by atoms with E-state index < -0.39 is 5.97 Å². The summed E-state index contributed by atoms with van der Waals surface area (Å²) in [4.78, 5) is 30.9. The van der Waals surface area contributed by atoms with Crippen LogP contribution in [0.1, 0.15) is 32.6 Å². The van der Waals surface area contributed by atoms with Gasteiger partial charge in [-0.2, -0.15) is 0 Å². The highest BCUT2D eigenvalue weighted by atomic mass is 32.1. The molecular formula is C12H13N3O3S. The molecule has 0 bridgehead atoms. The Morgan fingerprint density at radius 1 is 1.53 bits per heavy atom. The molecule has 2 aromatic rings. The second-order valence-electron chi connectivity index (χ2n) is 3.74. The van der Waals surface area contributed by atoms with Gasteiger partial charge in [-0.1, -0.05) is 0 Å². The predicted molar refractivity (Wildman–Crippen MR) is 71.6 cm³/mol. The largest absolute Gasteiger partial charge is 0.462 e. The normalized spacial score (nSPS) is 10.2. The molecule has 2 heterocycles. The molecule has 0 radical (unpaired) electrons. The summed E-state index contributed by atoms with van der Waals surface area (Å²) in [6, 6.07) is 0. The first-order valence-electron chi connectivity index (χ1n) is 5.68. The third-order valence-corrected chi connectivity index (χ3v) is 3.23. The summed E-state index contributed by atoms with van der Waals surface area (Å²) in [5, 5.41) is 2.67. The molecule has 6 nitrogen and oxygen atoms in total. The molecule has 0 aliphatic heterocycles. The van der Waals surface area contributed by atoms with E-state index in [1.54, 1.807) is 25.6 Å². The van der Waals surface area contributed by atoms with Gasteiger partial charge in [0, 0.05) is 11.9 Å². The fourth-order valence-corrected chi connectivity index (χ4v) is 2.12. The van der Waals surface area contributed by atoms with Gasteiger partial charge in [0.05, 0.1) is 24.0 Å². The first-order chi connectivity index (χ1) is 9.13. The number of hydrogen-bond acceptors (Lipinski definition) is 5. The maximum absolute atomic E-state index is 11.9. The Balaban J connectivity index is 2.21. The monoisotopic (exact) mass is 279 g/mol. The Morgan fingerprint density at radius 3 is 2.95 bits per heavy atom. The van der Waals surface area contributed by atoms with Crippen LogP contribution in [0.4, 0.5) is 5.69 Å². The molecule has 0 aromatic carbocycles. The molecule has 0 unspecified atom stereocenters. The standard InChI is InChI=1S/C12H13N3O3S/c1-3-18-12(17)10-7(2)14-4-8(10)15-11(16)9-5-13-6-19-9/h4-6,14H,3H2,1-2H3,(H,15,16). The van der Waals surface area contributed by atoms with Crippen molar-refractivity contribution >= 4 is 28.9 Å². The maximum atomic E-state index is 11.9. The van der Waals surface area contributed by atoms with Gasteiger partial charge in [-0.3, -0.25) is 9.78 Å². The summed E-state index contributed by atoms with van der Waals surface area (Å²) in [7, 11) is 0. The van der Waals surface area contributed by atoms with Gasteiger partial charge >= 0.3 is 5.97 Å². The molecule has 0 fully saturated rings. The number of carbonyl (C=O) groups is 2. The van der Waals surface area contributed by atoms with Crippen LogP contribution in [0.3, 0.4) is 0 Å². The number of aromatic nitrogens is 2. The van der Waals surface area contributed by atoms with E-state index in [1.807, 2.05) is 0 Å². The molecule has 0 saturated carbocycles. The summed E-state index contributed by atoms with van der Waals surface area (Å²) in [5.41, 5.74) is 2.98. The Hall–Kier alpha value is -2.15. The van der Waals surface area contributed by atoms with E-state index in [-0.39, 0.29) is 12.5 Å². The van der Waals surface area contributed by atoms with E-state index in [1.165, 1.54) is 17.5 Å². The Kier molecular flexibility index (Phi) is 3.96. The highest BCUT2D eigenvalue weighted by Gasteiger charge is 2.19. The van der Waals surface area contributed by atoms with E-state index in [2.05, 4.69) is 15.3 Å². The Labute approximate surface area is 113 Å². The molecule has 0 saturated heterocycles. The van der Waals surface area contributed by atoms with Gasteiger partial charge in [-0.25, -0.2) is 4.79 Å². The van der Waals surface area contributed by atoms with Crippen LogP contribution in [-0.2, 0) is 4.74 Å². The third-order valence-electron chi connectivity index (χ3n) is 2.46. The molecule has 100 valence electrons. The number of amides is 1. The van der Waals surface area contributed by atoms with Crippen LogP contribution in [-0.4, -0.2) is 28.5 Å². The third kappa shape index (κ3) is 2.82. The zero-order valence-electron chi connectivity index (χ0n) is 10.5. The van der Waals surface area contributed by atoms with Crippen molar-refractivity contribution in [2.45, 2.75) is 13.8 Å². The van der Waals surface area contributed by atoms with E-state index in [0.717, 1.165) is 0 Å². The molecule has 1 amide bonds. The number of thiazole rings is 1. The summed E-state index contributed by atoms with van der Waals surface area (Å²) in [6.45, 7) is 3.76. The second-order valence-corrected chi connectivity index (χ2v) is 4.63. The molecule has 0 aliphatic carbocycles. The molecule has 2 N–H and O–H groups in total. The van der Waals surface area contributed by atoms with Crippen molar-refractivity contribution in [2.75, 3.05) is 11.9 Å². The fraction of sp³-hybridized carbons (Fsp3) is 0.250. The summed E-state index contributed by atoms with van der Waals surface area (Å²) < 4.78 is 4.96. The van der Waals surface area contributed by atoms with Gasteiger partial charge in [0.1, 0.15) is 10.4 Å². The lowest BCUT2D eigenvalue weighted by Gasteiger charge is -2.06. The van der Waals surface area contributed by atoms with Crippen LogP contribution >= 0.6 is 11.3 Å². The number of nitrogens with zero attached hydrogens (tertiary/aromatic N) is 1. The zero-order chi connectivity index (χ0) is 13.8. The van der Waals surface area contributed by atoms with Crippen molar-refractivity contribution in [3.05, 3.63) is 34.0 Å². The maximum Gasteiger partial charge on any atom is 0.342 e. The first-order valence-corrected chi connectivity index (χ1v) is 6.56. The minimum atomic E-state index is -0.458. The highest BCUT2D eigenvalue weighted by Crippen LogP contribution is 2.21. The van der Waals surface area contributed by atoms with Gasteiger partial charge in [0.15, 0.2) is 0 Å². The van der Waals surface area contributed by atoms with Gasteiger partial charge in [0.25, 0.3) is 5.91 Å². The van der Waals surface area contributed by atoms with Crippen LogP contribution < -0.4 is 5.32 Å². The average Bonchev–Trinajstić information content (AvgIpc) is 2.99. The number of ether oxygens (including phenoxy) is 1. The van der Waals surface area contributed by atoms with Crippen molar-refractivity contribution in [3.63, 3.8) is 0 Å². The van der Waals surface area contributed by atoms with Crippen molar-refractivity contribution in [1.29, 1.82) is 0 Å². The quantitative estimate of drug-likeness (QED) is 0.840. The van der Waals surface area contributed by atoms with Crippen molar-refractivity contribution in [3.8, 4) is 0 Å². The predicted octanol–water partition coefficient (Wildman–Crippen LogP) is 2.21. The molecular weight excluding hydrogens is 266 g/mol. The zero-order valence-corrected chi connectivity index (χ0v) is 11.3. The highest BCUT2D eigenvalue weighted by molar-refractivity contribution is 7.11. The molecule has 0 aliphatic rings. The van der Waals surface area contributed by atoms with E-state index in [0.29, 0.717) is 21.8 Å². The second kappa shape index (κ2) is 5.66. The number of H-pyrrole nitrogens is 1. The molecule has 0 atom stereocenters. The van der Waals surface area contributed by atoms with Gasteiger partial charge in [-0.05, 0) is 13.8 Å². The number of esters is 1. The smallest absolute Gasteiger partial charge is 0.342 e. The van der Waals surface area contributed by atoms with Crippen LogP contribution in [0.15, 0.2) is 17.9 Å². The number of anilines is 1. The lowest BCUT2D eigenvalue weighted by atomic mass is 10.2. The number of carbonyl (C=O) groups excluding carboxylic acids is 2. The van der Waals surface area contributed by atoms with E-state index >= 15 is 0 Å². The molecule has 19 heavy (non-hydrogen) atoms. The molecule has 7 heteroatoms. The van der Waals surface area contributed by atoms with Crippen LogP contribution in [0.2, 0.25) is 0 Å². The van der Waals surface area contributed by atoms with Crippen LogP contribution in [0, 0.1) is 6.92 Å². The van der Waals surface area contributed by atoms with Crippen molar-refractivity contribution < 1.29 is 14.3 Å². The molecule has 0 spiro atoms. The van der Waals surface area contributed by atoms with E-state index in [9.17, 15) is 9.59 Å². The fourth-order valence-electron chi connectivity index (χ4n) is 1.60. The molecule has 2 rings (SSSR count). The average molecular weight is 279 g/mol. The summed E-state index contributed by atoms with van der Waals surface area (Å²) in [6.07, 6.45) is 3.05. The van der Waals surface area contributed by atoms with Crippen molar-refractivity contribution in [1.82, 2.24) is 9.97 Å². The summed E-state index contributed by atoms with van der Waals surface area (Å²) >= 11 is 1.23. The number of rotatable bonds is 4. The number of aromatic amines is 1. The molecule has 2 aromatic heterocycles. The van der Waals surface area contributed by atoms with Gasteiger partial charge < -0.3 is 15.0 Å². The van der Waals surface area contributed by atoms with Crippen molar-refractivity contribution in [2.24, 2.45) is 0 Å². The minimum absolute atomic E-state index is 0.283. The number of aryl methyl sites for hydroxylation is 1. The van der Waals surface area contributed by atoms with E-state index in [4.69, 9.17) is 4.74 Å². The van der Waals surface area contributed by atoms with Gasteiger partial charge in [0.2, 0.25) is 0 Å². The van der Waals surface area contributed by atoms with Gasteiger partial charge in [-0.15, -0.1) is 11.3 Å². The van der Waals surface area contributed by atoms with Crippen LogP contribution in [0.25, 0.3) is 0 Å². The Bertz CT molecular complexity index is 589. The topological polar surface area (TPSA) is 84.1 Å². The minimum Gasteiger partial charge on any atom is -0.462 e. The first kappa shape index (κ1) is 13.3. The number of nitrogens with one attached hydrogen (secondary N) is 2. The number of hydrogen-bond donors (Lipinski definition) is 2.